The molecule has 142 valence electrons. The van der Waals surface area contributed by atoms with Crippen LogP contribution in [0.5, 0.6) is 5.88 Å². The molecule has 0 atom stereocenters. The number of aliphatic hydroxyl groups is 1. The van der Waals surface area contributed by atoms with Gasteiger partial charge in [-0.15, -0.1) is 0 Å². The van der Waals surface area contributed by atoms with E-state index in [2.05, 4.69) is 0 Å². The molecule has 0 aliphatic carbocycles. The lowest BCUT2D eigenvalue weighted by Gasteiger charge is -2.17. The minimum atomic E-state index is -0.884. The normalized spacial score (nSPS) is 11.1. The third-order valence-electron chi connectivity index (χ3n) is 3.88. The predicted octanol–water partition coefficient (Wildman–Crippen LogP) is 4.62. The van der Waals surface area contributed by atoms with E-state index in [1.54, 1.807) is 48.5 Å². The Morgan fingerprint density at radius 1 is 0.929 bits per heavy atom. The van der Waals surface area contributed by atoms with Gasteiger partial charge in [-0.1, -0.05) is 23.2 Å². The minimum absolute atomic E-state index is 0.0725. The first-order valence-corrected chi connectivity index (χ1v) is 8.99. The first-order chi connectivity index (χ1) is 13.3. The maximum atomic E-state index is 13.0. The zero-order chi connectivity index (χ0) is 20.4. The number of hydrogen-bond donors (Lipinski definition) is 2. The number of allylic oxidation sites excluding steroid dienone is 1. The van der Waals surface area contributed by atoms with Gasteiger partial charge in [-0.05, 0) is 60.7 Å². The SMILES string of the molecule is O=C(/C=C\O)c1c(O)n(-c2ccc(Cl)cc2)c(=S)n(-c2ccc(Cl)cc2)c1=O. The van der Waals surface area contributed by atoms with Crippen LogP contribution in [0.3, 0.4) is 0 Å². The molecule has 2 aromatic carbocycles. The van der Waals surface area contributed by atoms with Crippen LogP contribution in [0.4, 0.5) is 0 Å². The van der Waals surface area contributed by atoms with E-state index in [-0.39, 0.29) is 4.77 Å². The summed E-state index contributed by atoms with van der Waals surface area (Å²) in [7, 11) is 0. The van der Waals surface area contributed by atoms with Crippen LogP contribution in [0.25, 0.3) is 11.4 Å². The van der Waals surface area contributed by atoms with Crippen molar-refractivity contribution in [2.45, 2.75) is 0 Å². The smallest absolute Gasteiger partial charge is 0.274 e. The highest BCUT2D eigenvalue weighted by atomic mass is 35.5. The van der Waals surface area contributed by atoms with Crippen LogP contribution in [-0.2, 0) is 0 Å². The molecule has 28 heavy (non-hydrogen) atoms. The van der Waals surface area contributed by atoms with Gasteiger partial charge in [0.1, 0.15) is 5.56 Å². The number of halogens is 2. The van der Waals surface area contributed by atoms with Crippen LogP contribution < -0.4 is 5.56 Å². The largest absolute Gasteiger partial charge is 0.515 e. The number of hydrogen-bond acceptors (Lipinski definition) is 5. The Hall–Kier alpha value is -2.87. The lowest BCUT2D eigenvalue weighted by atomic mass is 10.2. The highest BCUT2D eigenvalue weighted by molar-refractivity contribution is 7.71. The number of benzene rings is 2. The summed E-state index contributed by atoms with van der Waals surface area (Å²) in [5.41, 5.74) is -0.650. The van der Waals surface area contributed by atoms with E-state index in [9.17, 15) is 14.7 Å². The zero-order valence-corrected chi connectivity index (χ0v) is 16.4. The van der Waals surface area contributed by atoms with Crippen molar-refractivity contribution in [3.63, 3.8) is 0 Å². The Labute approximate surface area is 174 Å². The molecule has 0 saturated carbocycles. The highest BCUT2D eigenvalue weighted by Crippen LogP contribution is 2.24. The van der Waals surface area contributed by atoms with E-state index < -0.39 is 22.8 Å². The lowest BCUT2D eigenvalue weighted by Crippen LogP contribution is -2.29. The molecule has 1 aromatic heterocycles. The Morgan fingerprint density at radius 2 is 1.39 bits per heavy atom. The Kier molecular flexibility index (Phi) is 5.69. The average Bonchev–Trinajstić information content (AvgIpc) is 2.65. The second kappa shape index (κ2) is 8.02. The molecule has 0 fully saturated rings. The number of carbonyl (C=O) groups is 1. The summed E-state index contributed by atoms with van der Waals surface area (Å²) in [5.74, 6) is -1.53. The van der Waals surface area contributed by atoms with E-state index >= 15 is 0 Å². The molecule has 1 heterocycles. The van der Waals surface area contributed by atoms with E-state index in [1.807, 2.05) is 0 Å². The lowest BCUT2D eigenvalue weighted by molar-refractivity contribution is 0.103. The molecule has 3 rings (SSSR count). The highest BCUT2D eigenvalue weighted by Gasteiger charge is 2.23. The molecule has 9 heteroatoms. The number of carbonyl (C=O) groups excluding carboxylic acids is 1. The molecule has 0 aliphatic rings. The number of aromatic hydroxyl groups is 1. The second-order valence-corrected chi connectivity index (χ2v) is 6.83. The van der Waals surface area contributed by atoms with E-state index in [4.69, 9.17) is 40.5 Å². The summed E-state index contributed by atoms with van der Waals surface area (Å²) < 4.78 is 2.19. The topological polar surface area (TPSA) is 84.5 Å². The van der Waals surface area contributed by atoms with Gasteiger partial charge in [0.15, 0.2) is 10.6 Å². The summed E-state index contributed by atoms with van der Waals surface area (Å²) in [4.78, 5) is 25.3. The van der Waals surface area contributed by atoms with Crippen molar-refractivity contribution in [1.29, 1.82) is 0 Å². The van der Waals surface area contributed by atoms with Gasteiger partial charge in [-0.25, -0.2) is 0 Å². The number of aromatic nitrogens is 2. The number of aliphatic hydroxyl groups excluding tert-OH is 1. The van der Waals surface area contributed by atoms with Crippen molar-refractivity contribution in [3.8, 4) is 17.3 Å². The summed E-state index contributed by atoms with van der Waals surface area (Å²) in [6.45, 7) is 0. The molecule has 0 unspecified atom stereocenters. The van der Waals surface area contributed by atoms with E-state index in [1.165, 1.54) is 4.57 Å². The van der Waals surface area contributed by atoms with Crippen molar-refractivity contribution in [2.75, 3.05) is 0 Å². The summed E-state index contributed by atoms with van der Waals surface area (Å²) in [6.07, 6.45) is 1.25. The summed E-state index contributed by atoms with van der Waals surface area (Å²) in [6, 6.07) is 12.5. The zero-order valence-electron chi connectivity index (χ0n) is 14.0. The van der Waals surface area contributed by atoms with Crippen molar-refractivity contribution < 1.29 is 15.0 Å². The molecule has 0 radical (unpaired) electrons. The van der Waals surface area contributed by atoms with Crippen LogP contribution in [0.2, 0.25) is 10.0 Å². The molecule has 0 amide bonds. The fraction of sp³-hybridized carbons (Fsp3) is 0. The monoisotopic (exact) mass is 434 g/mol. The Bertz CT molecular complexity index is 1200. The van der Waals surface area contributed by atoms with Crippen LogP contribution in [0.1, 0.15) is 10.4 Å². The van der Waals surface area contributed by atoms with Gasteiger partial charge in [0.2, 0.25) is 5.88 Å². The summed E-state index contributed by atoms with van der Waals surface area (Å²) >= 11 is 17.2. The van der Waals surface area contributed by atoms with Gasteiger partial charge in [0.05, 0.1) is 17.6 Å². The first-order valence-electron chi connectivity index (χ1n) is 7.83. The van der Waals surface area contributed by atoms with Crippen molar-refractivity contribution in [3.05, 3.63) is 91.6 Å². The van der Waals surface area contributed by atoms with Crippen molar-refractivity contribution in [1.82, 2.24) is 9.13 Å². The van der Waals surface area contributed by atoms with Gasteiger partial charge in [0, 0.05) is 16.1 Å². The molecular formula is C19H12Cl2N2O4S. The van der Waals surface area contributed by atoms with Gasteiger partial charge in [-0.2, -0.15) is 0 Å². The van der Waals surface area contributed by atoms with Crippen LogP contribution >= 0.6 is 35.4 Å². The van der Waals surface area contributed by atoms with Gasteiger partial charge in [-0.3, -0.25) is 18.7 Å². The fourth-order valence-electron chi connectivity index (χ4n) is 2.60. The number of ketones is 1. The molecule has 3 aromatic rings. The molecule has 0 aliphatic heterocycles. The van der Waals surface area contributed by atoms with Gasteiger partial charge >= 0.3 is 0 Å². The average molecular weight is 435 g/mol. The summed E-state index contributed by atoms with van der Waals surface area (Å²) in [5, 5.41) is 20.5. The molecule has 0 bridgehead atoms. The standard InChI is InChI=1S/C19H12Cl2N2O4S/c20-11-1-5-13(6-2-11)22-17(26)16(15(25)9-10-24)18(27)23(19(22)28)14-7-3-12(21)4-8-14/h1-10,24,26H/b10-9-. The Balaban J connectivity index is 2.44. The Morgan fingerprint density at radius 3 is 1.86 bits per heavy atom. The van der Waals surface area contributed by atoms with Crippen molar-refractivity contribution >= 4 is 41.2 Å². The number of rotatable bonds is 4. The van der Waals surface area contributed by atoms with Gasteiger partial charge in [0.25, 0.3) is 5.56 Å². The van der Waals surface area contributed by atoms with Crippen LogP contribution in [0.15, 0.2) is 65.7 Å². The first kappa shape index (κ1) is 19.9. The van der Waals surface area contributed by atoms with Crippen LogP contribution in [0, 0.1) is 4.77 Å². The minimum Gasteiger partial charge on any atom is -0.515 e. The fourth-order valence-corrected chi connectivity index (χ4v) is 3.24. The van der Waals surface area contributed by atoms with E-state index in [0.29, 0.717) is 27.7 Å². The van der Waals surface area contributed by atoms with E-state index in [0.717, 1.165) is 10.6 Å². The number of nitrogens with zero attached hydrogens (tertiary/aromatic N) is 2. The second-order valence-electron chi connectivity index (χ2n) is 5.59. The molecule has 2 N–H and O–H groups in total. The molecule has 6 nitrogen and oxygen atoms in total. The van der Waals surface area contributed by atoms with Gasteiger partial charge < -0.3 is 10.2 Å². The molecule has 0 saturated heterocycles. The maximum Gasteiger partial charge on any atom is 0.274 e. The van der Waals surface area contributed by atoms with Crippen LogP contribution in [-0.4, -0.2) is 25.1 Å². The predicted molar refractivity (Wildman–Crippen MR) is 110 cm³/mol. The molecular weight excluding hydrogens is 423 g/mol. The maximum absolute atomic E-state index is 13.0. The quantitative estimate of drug-likeness (QED) is 0.270. The third kappa shape index (κ3) is 3.60. The molecule has 0 spiro atoms. The van der Waals surface area contributed by atoms with Crippen molar-refractivity contribution in [2.24, 2.45) is 0 Å². The third-order valence-corrected chi connectivity index (χ3v) is 4.75.